The number of carbonyl (C=O) groups excluding carboxylic acids is 3. The molecule has 0 aromatic carbocycles. The molecule has 0 spiro atoms. The van der Waals surface area contributed by atoms with E-state index >= 15 is 0 Å². The number of imide groups is 1. The number of hydrogen-bond donors (Lipinski definition) is 0. The minimum absolute atomic E-state index is 0.0164. The number of amides is 2. The Kier molecular flexibility index (Phi) is 3.30. The van der Waals surface area contributed by atoms with Gasteiger partial charge in [0.2, 0.25) is 0 Å². The maximum atomic E-state index is 12.8. The number of carbonyl (C=O) groups is 3. The maximum absolute atomic E-state index is 12.8. The van der Waals surface area contributed by atoms with Gasteiger partial charge in [0, 0.05) is 6.42 Å². The monoisotopic (exact) mass is 393 g/mol. The number of hydrogen-bond acceptors (Lipinski definition) is 6. The normalized spacial score (nSPS) is 44.0. The Labute approximate surface area is 158 Å². The Morgan fingerprint density at radius 3 is 2.19 bits per heavy atom. The second-order valence-electron chi connectivity index (χ2n) is 9.41. The molecule has 0 N–H and O–H groups in total. The van der Waals surface area contributed by atoms with Crippen molar-refractivity contribution in [2.24, 2.45) is 40.4 Å². The van der Waals surface area contributed by atoms with E-state index in [1.807, 2.05) is 26.0 Å². The highest BCUT2D eigenvalue weighted by atomic mass is 32.2. The van der Waals surface area contributed by atoms with Gasteiger partial charge in [0.1, 0.15) is 5.78 Å². The van der Waals surface area contributed by atoms with Gasteiger partial charge in [-0.1, -0.05) is 26.0 Å². The third kappa shape index (κ3) is 2.06. The van der Waals surface area contributed by atoms with Crippen LogP contribution in [0.4, 0.5) is 0 Å². The fraction of sp³-hybridized carbons (Fsp3) is 0.737. The van der Waals surface area contributed by atoms with E-state index in [1.165, 1.54) is 0 Å². The Bertz CT molecular complexity index is 875. The van der Waals surface area contributed by atoms with E-state index in [9.17, 15) is 22.8 Å². The number of Topliss-reactive ketones (excluding diaryl/α,β-unsaturated/α-hetero) is 1. The number of nitrogens with zero attached hydrogens (tertiary/aromatic N) is 1. The van der Waals surface area contributed by atoms with Crippen LogP contribution in [0.1, 0.15) is 39.5 Å². The van der Waals surface area contributed by atoms with Crippen molar-refractivity contribution in [3.05, 3.63) is 12.2 Å². The first-order valence-electron chi connectivity index (χ1n) is 9.59. The molecule has 2 amide bonds. The summed E-state index contributed by atoms with van der Waals surface area (Å²) in [5.41, 5.74) is -1.42. The van der Waals surface area contributed by atoms with Crippen molar-refractivity contribution in [1.82, 2.24) is 5.06 Å². The molecule has 0 radical (unpaired) electrons. The first kappa shape index (κ1) is 17.6. The molecule has 4 aliphatic carbocycles. The lowest BCUT2D eigenvalue weighted by Gasteiger charge is -2.35. The number of fused-ring (bicyclic) bond motifs is 7. The van der Waals surface area contributed by atoms with Crippen LogP contribution in [0.3, 0.4) is 0 Å². The molecule has 4 fully saturated rings. The van der Waals surface area contributed by atoms with E-state index in [0.717, 1.165) is 12.8 Å². The summed E-state index contributed by atoms with van der Waals surface area (Å²) in [6.45, 7) is 3.87. The van der Waals surface area contributed by atoms with E-state index in [2.05, 4.69) is 0 Å². The molecule has 6 atom stereocenters. The zero-order valence-electron chi connectivity index (χ0n) is 15.4. The van der Waals surface area contributed by atoms with Crippen LogP contribution in [0.2, 0.25) is 0 Å². The summed E-state index contributed by atoms with van der Waals surface area (Å²) in [6.07, 6.45) is 6.35. The lowest BCUT2D eigenvalue weighted by atomic mass is 9.70. The van der Waals surface area contributed by atoms with Crippen molar-refractivity contribution in [2.75, 3.05) is 5.75 Å². The number of hydroxylamine groups is 2. The Balaban J connectivity index is 1.39. The first-order valence-corrected chi connectivity index (χ1v) is 11.2. The highest BCUT2D eigenvalue weighted by molar-refractivity contribution is 7.86. The lowest BCUT2D eigenvalue weighted by molar-refractivity contribution is -0.166. The molecule has 0 aromatic rings. The van der Waals surface area contributed by atoms with Gasteiger partial charge >= 0.3 is 0 Å². The fourth-order valence-corrected chi connectivity index (χ4v) is 8.21. The van der Waals surface area contributed by atoms with E-state index < -0.39 is 50.4 Å². The standard InChI is InChI=1S/C19H23NO6S/c1-18(2)12-5-6-19(18,13(21)8-12)9-27(24,25)26-20-16(22)14-10-3-4-11(7-10)15(14)17(20)23/h3-4,10-12,14-15H,5-9H2,1-2H3. The van der Waals surface area contributed by atoms with E-state index in [1.54, 1.807) is 0 Å². The lowest BCUT2D eigenvalue weighted by Crippen LogP contribution is -2.45. The molecule has 8 heteroatoms. The van der Waals surface area contributed by atoms with Gasteiger partial charge in [-0.05, 0) is 42.4 Å². The molecular formula is C19H23NO6S. The number of allylic oxidation sites excluding steroid dienone is 2. The molecule has 0 aromatic heterocycles. The van der Waals surface area contributed by atoms with Gasteiger partial charge in [0.05, 0.1) is 23.0 Å². The first-order chi connectivity index (χ1) is 12.6. The summed E-state index contributed by atoms with van der Waals surface area (Å²) in [5.74, 6) is -2.53. The van der Waals surface area contributed by atoms with Crippen LogP contribution >= 0.6 is 0 Å². The second-order valence-corrected chi connectivity index (χ2v) is 11.0. The molecule has 3 saturated carbocycles. The molecule has 5 aliphatic rings. The smallest absolute Gasteiger partial charge is 0.289 e. The van der Waals surface area contributed by atoms with Gasteiger partial charge in [0.25, 0.3) is 21.9 Å². The van der Waals surface area contributed by atoms with Crippen LogP contribution in [0.5, 0.6) is 0 Å². The zero-order valence-corrected chi connectivity index (χ0v) is 16.2. The van der Waals surface area contributed by atoms with Crippen molar-refractivity contribution in [3.8, 4) is 0 Å². The van der Waals surface area contributed by atoms with Crippen LogP contribution in [0, 0.1) is 40.4 Å². The molecule has 1 heterocycles. The SMILES string of the molecule is CC1(C)C2CCC1(CS(=O)(=O)ON1C(=O)C3C4C=CC(C4)C3C1=O)C(=O)C2. The highest BCUT2D eigenvalue weighted by Gasteiger charge is 2.66. The minimum Gasteiger partial charge on any atom is -0.299 e. The summed E-state index contributed by atoms with van der Waals surface area (Å²) >= 11 is 0. The van der Waals surface area contributed by atoms with Gasteiger partial charge in [0.15, 0.2) is 0 Å². The van der Waals surface area contributed by atoms with Crippen molar-refractivity contribution in [1.29, 1.82) is 0 Å². The predicted octanol–water partition coefficient (Wildman–Crippen LogP) is 1.45. The van der Waals surface area contributed by atoms with Crippen molar-refractivity contribution >= 4 is 27.7 Å². The topological polar surface area (TPSA) is 97.8 Å². The van der Waals surface area contributed by atoms with Gasteiger partial charge in [-0.2, -0.15) is 8.42 Å². The van der Waals surface area contributed by atoms with Crippen LogP contribution in [-0.4, -0.2) is 36.8 Å². The largest absolute Gasteiger partial charge is 0.299 e. The predicted molar refractivity (Wildman–Crippen MR) is 93.0 cm³/mol. The second kappa shape index (κ2) is 5.08. The third-order valence-corrected chi connectivity index (χ3v) is 9.40. The molecule has 1 aliphatic heterocycles. The summed E-state index contributed by atoms with van der Waals surface area (Å²) in [6, 6.07) is 0. The summed E-state index contributed by atoms with van der Waals surface area (Å²) in [5, 5.41) is 0.465. The van der Waals surface area contributed by atoms with E-state index in [0.29, 0.717) is 17.9 Å². The molecule has 27 heavy (non-hydrogen) atoms. The molecule has 4 bridgehead atoms. The molecule has 146 valence electrons. The maximum Gasteiger partial charge on any atom is 0.289 e. The summed E-state index contributed by atoms with van der Waals surface area (Å²) in [4.78, 5) is 37.9. The highest BCUT2D eigenvalue weighted by Crippen LogP contribution is 2.64. The van der Waals surface area contributed by atoms with Crippen molar-refractivity contribution in [2.45, 2.75) is 39.5 Å². The average molecular weight is 393 g/mol. The molecule has 7 nitrogen and oxygen atoms in total. The quantitative estimate of drug-likeness (QED) is 0.530. The zero-order chi connectivity index (χ0) is 19.4. The minimum atomic E-state index is -4.26. The molecule has 6 unspecified atom stereocenters. The molecule has 5 rings (SSSR count). The summed E-state index contributed by atoms with van der Waals surface area (Å²) in [7, 11) is -4.26. The third-order valence-electron chi connectivity index (χ3n) is 8.18. The Hall–Kier alpha value is -1.54. The van der Waals surface area contributed by atoms with E-state index in [-0.39, 0.29) is 23.5 Å². The van der Waals surface area contributed by atoms with Gasteiger partial charge in [-0.15, -0.1) is 9.35 Å². The molecule has 1 saturated heterocycles. The van der Waals surface area contributed by atoms with Crippen LogP contribution in [0.15, 0.2) is 12.2 Å². The fourth-order valence-electron chi connectivity index (χ4n) is 6.50. The number of ketones is 1. The average Bonchev–Trinajstić information content (AvgIpc) is 3.33. The summed E-state index contributed by atoms with van der Waals surface area (Å²) < 4.78 is 30.7. The Morgan fingerprint density at radius 1 is 1.11 bits per heavy atom. The van der Waals surface area contributed by atoms with E-state index in [4.69, 9.17) is 4.28 Å². The Morgan fingerprint density at radius 2 is 1.70 bits per heavy atom. The van der Waals surface area contributed by atoms with Crippen molar-refractivity contribution < 1.29 is 27.1 Å². The van der Waals surface area contributed by atoms with Crippen LogP contribution in [-0.2, 0) is 28.8 Å². The van der Waals surface area contributed by atoms with Crippen LogP contribution < -0.4 is 0 Å². The van der Waals surface area contributed by atoms with Crippen LogP contribution in [0.25, 0.3) is 0 Å². The number of rotatable bonds is 4. The van der Waals surface area contributed by atoms with Crippen molar-refractivity contribution in [3.63, 3.8) is 0 Å². The van der Waals surface area contributed by atoms with Gasteiger partial charge in [-0.25, -0.2) is 0 Å². The molecular weight excluding hydrogens is 370 g/mol. The van der Waals surface area contributed by atoms with Gasteiger partial charge < -0.3 is 0 Å². The van der Waals surface area contributed by atoms with Gasteiger partial charge in [-0.3, -0.25) is 14.4 Å².